The second-order valence-corrected chi connectivity index (χ2v) is 3.38. The quantitative estimate of drug-likeness (QED) is 0.819. The van der Waals surface area contributed by atoms with Crippen LogP contribution in [0.4, 0.5) is 18.9 Å². The smallest absolute Gasteiger partial charge is 0.396 e. The van der Waals surface area contributed by atoms with Gasteiger partial charge >= 0.3 is 6.18 Å². The van der Waals surface area contributed by atoms with Crippen LogP contribution in [-0.4, -0.2) is 40.4 Å². The van der Waals surface area contributed by atoms with E-state index in [-0.39, 0.29) is 11.4 Å². The van der Waals surface area contributed by atoms with Crippen LogP contribution in [0.2, 0.25) is 0 Å². The van der Waals surface area contributed by atoms with Gasteiger partial charge in [0.15, 0.2) is 5.69 Å². The molecule has 0 aliphatic rings. The largest absolute Gasteiger partial charge is 0.406 e. The summed E-state index contributed by atoms with van der Waals surface area (Å²) < 4.78 is 37.4. The van der Waals surface area contributed by atoms with Crippen LogP contribution in [0.25, 0.3) is 0 Å². The number of aryl methyl sites for hydroxylation is 1. The van der Waals surface area contributed by atoms with Crippen LogP contribution >= 0.6 is 0 Å². The Kier molecular flexibility index (Phi) is 3.11. The zero-order valence-electron chi connectivity index (χ0n) is 8.75. The summed E-state index contributed by atoms with van der Waals surface area (Å²) in [5, 5.41) is 3.69. The van der Waals surface area contributed by atoms with Crippen LogP contribution < -0.4 is 5.73 Å². The van der Waals surface area contributed by atoms with Gasteiger partial charge < -0.3 is 10.6 Å². The van der Waals surface area contributed by atoms with Crippen LogP contribution in [0.3, 0.4) is 0 Å². The lowest BCUT2D eigenvalue weighted by Crippen LogP contribution is -2.36. The molecular weight excluding hydrogens is 225 g/mol. The fourth-order valence-electron chi connectivity index (χ4n) is 1.19. The van der Waals surface area contributed by atoms with Crippen LogP contribution in [-0.2, 0) is 7.05 Å². The molecule has 90 valence electrons. The Bertz CT molecular complexity index is 398. The first kappa shape index (κ1) is 12.3. The number of hydrogen-bond acceptors (Lipinski definition) is 3. The molecule has 0 spiro atoms. The molecule has 1 amide bonds. The van der Waals surface area contributed by atoms with Crippen molar-refractivity contribution in [1.82, 2.24) is 14.7 Å². The number of nitrogens with zero attached hydrogens (tertiary/aromatic N) is 3. The molecule has 0 atom stereocenters. The molecule has 8 heteroatoms. The van der Waals surface area contributed by atoms with Crippen molar-refractivity contribution in [2.45, 2.75) is 6.18 Å². The molecule has 0 aliphatic carbocycles. The summed E-state index contributed by atoms with van der Waals surface area (Å²) in [5.41, 5.74) is 5.32. The Morgan fingerprint density at radius 2 is 2.19 bits per heavy atom. The maximum Gasteiger partial charge on any atom is 0.406 e. The SMILES string of the molecule is CN(CC(F)(F)F)C(=O)c1nn(C)cc1N. The van der Waals surface area contributed by atoms with Crippen LogP contribution in [0.15, 0.2) is 6.20 Å². The van der Waals surface area contributed by atoms with Gasteiger partial charge in [0, 0.05) is 20.3 Å². The Morgan fingerprint density at radius 1 is 1.62 bits per heavy atom. The topological polar surface area (TPSA) is 64.2 Å². The van der Waals surface area contributed by atoms with Gasteiger partial charge in [-0.3, -0.25) is 9.48 Å². The van der Waals surface area contributed by atoms with E-state index in [1.165, 1.54) is 17.9 Å². The van der Waals surface area contributed by atoms with E-state index < -0.39 is 18.6 Å². The number of aromatic nitrogens is 2. The van der Waals surface area contributed by atoms with Gasteiger partial charge in [0.1, 0.15) is 6.54 Å². The van der Waals surface area contributed by atoms with Crippen molar-refractivity contribution in [2.75, 3.05) is 19.3 Å². The van der Waals surface area contributed by atoms with E-state index in [2.05, 4.69) is 5.10 Å². The predicted octanol–water partition coefficient (Wildman–Crippen LogP) is 0.637. The molecule has 0 unspecified atom stereocenters. The number of halogens is 3. The number of carbonyl (C=O) groups excluding carboxylic acids is 1. The molecule has 0 saturated carbocycles. The van der Waals surface area contributed by atoms with Gasteiger partial charge in [-0.25, -0.2) is 0 Å². The molecule has 1 heterocycles. The molecule has 0 radical (unpaired) electrons. The molecule has 0 saturated heterocycles. The minimum absolute atomic E-state index is 0.0570. The van der Waals surface area contributed by atoms with E-state index in [1.54, 1.807) is 0 Å². The molecule has 1 aromatic rings. The first-order chi connectivity index (χ1) is 7.20. The molecule has 1 rings (SSSR count). The maximum absolute atomic E-state index is 12.0. The molecule has 0 aromatic carbocycles. The van der Waals surface area contributed by atoms with Crippen LogP contribution in [0, 0.1) is 0 Å². The molecule has 5 nitrogen and oxygen atoms in total. The molecule has 16 heavy (non-hydrogen) atoms. The van der Waals surface area contributed by atoms with Gasteiger partial charge in [0.05, 0.1) is 5.69 Å². The summed E-state index contributed by atoms with van der Waals surface area (Å²) in [6, 6.07) is 0. The Balaban J connectivity index is 2.82. The molecule has 2 N–H and O–H groups in total. The number of amides is 1. The van der Waals surface area contributed by atoms with E-state index >= 15 is 0 Å². The second-order valence-electron chi connectivity index (χ2n) is 3.38. The summed E-state index contributed by atoms with van der Waals surface area (Å²) in [4.78, 5) is 12.1. The number of alkyl halides is 3. The Hall–Kier alpha value is -1.73. The molecule has 0 bridgehead atoms. The van der Waals surface area contributed by atoms with Crippen molar-refractivity contribution < 1.29 is 18.0 Å². The van der Waals surface area contributed by atoms with Crippen molar-refractivity contribution in [3.63, 3.8) is 0 Å². The minimum atomic E-state index is -4.44. The number of hydrogen-bond donors (Lipinski definition) is 1. The first-order valence-electron chi connectivity index (χ1n) is 4.32. The van der Waals surface area contributed by atoms with E-state index in [4.69, 9.17) is 5.73 Å². The van der Waals surface area contributed by atoms with Crippen molar-refractivity contribution >= 4 is 11.6 Å². The normalized spacial score (nSPS) is 11.6. The summed E-state index contributed by atoms with van der Waals surface area (Å²) in [6.07, 6.45) is -3.08. The summed E-state index contributed by atoms with van der Waals surface area (Å²) in [7, 11) is 2.57. The lowest BCUT2D eigenvalue weighted by atomic mass is 10.3. The monoisotopic (exact) mass is 236 g/mol. The van der Waals surface area contributed by atoms with E-state index in [1.807, 2.05) is 0 Å². The van der Waals surface area contributed by atoms with E-state index in [0.717, 1.165) is 7.05 Å². The van der Waals surface area contributed by atoms with Crippen molar-refractivity contribution in [1.29, 1.82) is 0 Å². The van der Waals surface area contributed by atoms with E-state index in [9.17, 15) is 18.0 Å². The molecular formula is C8H11F3N4O. The fourth-order valence-corrected chi connectivity index (χ4v) is 1.19. The van der Waals surface area contributed by atoms with Crippen molar-refractivity contribution in [3.05, 3.63) is 11.9 Å². The molecule has 1 aromatic heterocycles. The molecule has 0 aliphatic heterocycles. The summed E-state index contributed by atoms with van der Waals surface area (Å²) in [6.45, 7) is -1.33. The Labute approximate surface area is 89.6 Å². The van der Waals surface area contributed by atoms with Gasteiger partial charge in [-0.1, -0.05) is 0 Å². The third-order valence-corrected chi connectivity index (χ3v) is 1.82. The Morgan fingerprint density at radius 3 is 2.56 bits per heavy atom. The third kappa shape index (κ3) is 2.88. The number of rotatable bonds is 2. The minimum Gasteiger partial charge on any atom is -0.396 e. The number of carbonyl (C=O) groups is 1. The van der Waals surface area contributed by atoms with Gasteiger partial charge in [0.2, 0.25) is 0 Å². The summed E-state index contributed by atoms with van der Waals surface area (Å²) >= 11 is 0. The van der Waals surface area contributed by atoms with Crippen molar-refractivity contribution in [2.24, 2.45) is 7.05 Å². The standard InChI is InChI=1S/C8H11F3N4O/c1-14(4-8(9,10)11)7(16)6-5(12)3-15(2)13-6/h3H,4,12H2,1-2H3. The lowest BCUT2D eigenvalue weighted by molar-refractivity contribution is -0.138. The highest BCUT2D eigenvalue weighted by molar-refractivity contribution is 5.96. The predicted molar refractivity (Wildman–Crippen MR) is 50.6 cm³/mol. The maximum atomic E-state index is 12.0. The van der Waals surface area contributed by atoms with Gasteiger partial charge in [0.25, 0.3) is 5.91 Å². The zero-order chi connectivity index (χ0) is 12.5. The van der Waals surface area contributed by atoms with E-state index in [0.29, 0.717) is 4.90 Å². The van der Waals surface area contributed by atoms with Gasteiger partial charge in [-0.05, 0) is 0 Å². The average molecular weight is 236 g/mol. The second kappa shape index (κ2) is 4.03. The highest BCUT2D eigenvalue weighted by Gasteiger charge is 2.32. The van der Waals surface area contributed by atoms with Crippen LogP contribution in [0.5, 0.6) is 0 Å². The fraction of sp³-hybridized carbons (Fsp3) is 0.500. The first-order valence-corrected chi connectivity index (χ1v) is 4.32. The highest BCUT2D eigenvalue weighted by Crippen LogP contribution is 2.18. The van der Waals surface area contributed by atoms with Gasteiger partial charge in [-0.2, -0.15) is 18.3 Å². The number of nitrogen functional groups attached to an aromatic ring is 1. The number of anilines is 1. The number of nitrogens with two attached hydrogens (primary N) is 1. The van der Waals surface area contributed by atoms with Crippen LogP contribution in [0.1, 0.15) is 10.5 Å². The average Bonchev–Trinajstić information content (AvgIpc) is 2.41. The lowest BCUT2D eigenvalue weighted by Gasteiger charge is -2.17. The van der Waals surface area contributed by atoms with Crippen molar-refractivity contribution in [3.8, 4) is 0 Å². The highest BCUT2D eigenvalue weighted by atomic mass is 19.4. The molecule has 0 fully saturated rings. The third-order valence-electron chi connectivity index (χ3n) is 1.82. The van der Waals surface area contributed by atoms with Gasteiger partial charge in [-0.15, -0.1) is 0 Å². The zero-order valence-corrected chi connectivity index (χ0v) is 8.75. The summed E-state index contributed by atoms with van der Waals surface area (Å²) in [5.74, 6) is -0.851.